The Kier molecular flexibility index (Phi) is 3.82. The van der Waals surface area contributed by atoms with Gasteiger partial charge in [0.2, 0.25) is 5.91 Å². The van der Waals surface area contributed by atoms with E-state index in [-0.39, 0.29) is 11.3 Å². The molecule has 0 atom stereocenters. The molecular formula is C11H11N3O3S2. The molecule has 0 saturated heterocycles. The second kappa shape index (κ2) is 5.37. The highest BCUT2D eigenvalue weighted by atomic mass is 32.2. The summed E-state index contributed by atoms with van der Waals surface area (Å²) in [5.74, 6) is -0.462. The van der Waals surface area contributed by atoms with Crippen molar-refractivity contribution in [2.75, 3.05) is 4.72 Å². The molecule has 3 N–H and O–H groups in total. The van der Waals surface area contributed by atoms with Crippen molar-refractivity contribution in [1.82, 2.24) is 4.98 Å². The first-order chi connectivity index (χ1) is 8.97. The monoisotopic (exact) mass is 297 g/mol. The van der Waals surface area contributed by atoms with Crippen LogP contribution in [0.1, 0.15) is 5.56 Å². The number of sulfonamides is 1. The summed E-state index contributed by atoms with van der Waals surface area (Å²) in [7, 11) is -3.65. The third-order valence-electron chi connectivity index (χ3n) is 2.27. The molecule has 1 amide bonds. The molecule has 100 valence electrons. The summed E-state index contributed by atoms with van der Waals surface area (Å²) in [6.45, 7) is 0. The first-order valence-corrected chi connectivity index (χ1v) is 7.63. The number of nitrogens with one attached hydrogen (secondary N) is 1. The molecule has 8 heteroatoms. The molecule has 1 aromatic heterocycles. The number of nitrogens with two attached hydrogens (primary N) is 1. The number of carbonyl (C=O) groups excluding carboxylic acids is 1. The van der Waals surface area contributed by atoms with Crippen LogP contribution in [0.4, 0.5) is 5.13 Å². The Hall–Kier alpha value is -1.93. The van der Waals surface area contributed by atoms with E-state index in [2.05, 4.69) is 9.71 Å². The lowest BCUT2D eigenvalue weighted by molar-refractivity contribution is -0.117. The van der Waals surface area contributed by atoms with Crippen molar-refractivity contribution in [3.05, 3.63) is 41.4 Å². The molecular weight excluding hydrogens is 286 g/mol. The molecule has 0 spiro atoms. The number of carbonyl (C=O) groups is 1. The van der Waals surface area contributed by atoms with Gasteiger partial charge in [-0.05, 0) is 17.7 Å². The van der Waals surface area contributed by atoms with Crippen LogP contribution in [0.2, 0.25) is 0 Å². The van der Waals surface area contributed by atoms with E-state index in [0.29, 0.717) is 10.7 Å². The number of primary amides is 1. The minimum absolute atomic E-state index is 0.0836. The molecule has 0 saturated carbocycles. The molecule has 1 aromatic carbocycles. The van der Waals surface area contributed by atoms with Crippen LogP contribution in [-0.4, -0.2) is 19.3 Å². The highest BCUT2D eigenvalue weighted by Gasteiger charge is 2.15. The molecule has 0 bridgehead atoms. The fourth-order valence-electron chi connectivity index (χ4n) is 1.44. The van der Waals surface area contributed by atoms with Crippen LogP contribution < -0.4 is 10.5 Å². The first kappa shape index (κ1) is 13.5. The van der Waals surface area contributed by atoms with Crippen molar-refractivity contribution in [1.29, 1.82) is 0 Å². The van der Waals surface area contributed by atoms with Crippen LogP contribution in [0, 0.1) is 0 Å². The van der Waals surface area contributed by atoms with E-state index in [1.54, 1.807) is 17.5 Å². The van der Waals surface area contributed by atoms with Crippen LogP contribution >= 0.6 is 11.3 Å². The molecule has 0 aliphatic carbocycles. The fourth-order valence-corrected chi connectivity index (χ4v) is 3.22. The lowest BCUT2D eigenvalue weighted by Gasteiger charge is -2.05. The Labute approximate surface area is 114 Å². The lowest BCUT2D eigenvalue weighted by Crippen LogP contribution is -2.14. The van der Waals surface area contributed by atoms with Gasteiger partial charge >= 0.3 is 0 Å². The van der Waals surface area contributed by atoms with E-state index in [1.165, 1.54) is 29.7 Å². The smallest absolute Gasteiger partial charge is 0.263 e. The third-order valence-corrected chi connectivity index (χ3v) is 4.44. The van der Waals surface area contributed by atoms with Gasteiger partial charge in [0.05, 0.1) is 11.3 Å². The maximum Gasteiger partial charge on any atom is 0.263 e. The van der Waals surface area contributed by atoms with Gasteiger partial charge in [-0.25, -0.2) is 13.4 Å². The minimum atomic E-state index is -3.65. The maximum absolute atomic E-state index is 12.0. The van der Waals surface area contributed by atoms with Crippen LogP contribution in [0.25, 0.3) is 0 Å². The third kappa shape index (κ3) is 3.52. The topological polar surface area (TPSA) is 102 Å². The summed E-state index contributed by atoms with van der Waals surface area (Å²) in [5.41, 5.74) is 5.73. The van der Waals surface area contributed by atoms with Gasteiger partial charge < -0.3 is 5.73 Å². The molecule has 2 rings (SSSR count). The molecule has 19 heavy (non-hydrogen) atoms. The van der Waals surface area contributed by atoms with Crippen molar-refractivity contribution in [2.45, 2.75) is 11.3 Å². The Morgan fingerprint density at radius 1 is 1.32 bits per heavy atom. The molecule has 0 aliphatic rings. The highest BCUT2D eigenvalue weighted by molar-refractivity contribution is 7.93. The van der Waals surface area contributed by atoms with E-state index in [4.69, 9.17) is 5.73 Å². The Balaban J connectivity index is 2.19. The molecule has 0 fully saturated rings. The molecule has 2 aromatic rings. The average Bonchev–Trinajstić information content (AvgIpc) is 2.81. The Bertz CT molecular complexity index is 664. The van der Waals surface area contributed by atoms with Crippen molar-refractivity contribution in [3.63, 3.8) is 0 Å². The number of benzene rings is 1. The molecule has 6 nitrogen and oxygen atoms in total. The standard InChI is InChI=1S/C11H11N3O3S2/c12-10(15)7-8-1-3-9(4-2-8)19(16,17)14-11-13-5-6-18-11/h1-6H,7H2,(H2,12,15)(H,13,14). The summed E-state index contributed by atoms with van der Waals surface area (Å²) in [4.78, 5) is 14.7. The number of rotatable bonds is 5. The lowest BCUT2D eigenvalue weighted by atomic mass is 10.1. The van der Waals surface area contributed by atoms with Gasteiger partial charge in [-0.15, -0.1) is 11.3 Å². The predicted octanol–water partition coefficient (Wildman–Crippen LogP) is 0.972. The van der Waals surface area contributed by atoms with Crippen molar-refractivity contribution in [2.24, 2.45) is 5.73 Å². The molecule has 1 heterocycles. The van der Waals surface area contributed by atoms with Gasteiger partial charge in [-0.2, -0.15) is 0 Å². The second-order valence-electron chi connectivity index (χ2n) is 3.73. The van der Waals surface area contributed by atoms with Gasteiger partial charge in [-0.3, -0.25) is 9.52 Å². The maximum atomic E-state index is 12.0. The zero-order valence-corrected chi connectivity index (χ0v) is 11.4. The quantitative estimate of drug-likeness (QED) is 0.858. The zero-order valence-electron chi connectivity index (χ0n) is 9.74. The largest absolute Gasteiger partial charge is 0.369 e. The van der Waals surface area contributed by atoms with E-state index < -0.39 is 15.9 Å². The number of hydrogen-bond acceptors (Lipinski definition) is 5. The van der Waals surface area contributed by atoms with Crippen molar-refractivity contribution >= 4 is 32.4 Å². The number of anilines is 1. The normalized spacial score (nSPS) is 11.2. The van der Waals surface area contributed by atoms with E-state index in [1.807, 2.05) is 0 Å². The summed E-state index contributed by atoms with van der Waals surface area (Å²) in [6.07, 6.45) is 1.60. The van der Waals surface area contributed by atoms with E-state index in [0.717, 1.165) is 0 Å². The predicted molar refractivity (Wildman–Crippen MR) is 72.3 cm³/mol. The van der Waals surface area contributed by atoms with Crippen LogP contribution in [-0.2, 0) is 21.2 Å². The van der Waals surface area contributed by atoms with E-state index >= 15 is 0 Å². The number of thiazole rings is 1. The number of hydrogen-bond donors (Lipinski definition) is 2. The number of amides is 1. The molecule has 0 aliphatic heterocycles. The van der Waals surface area contributed by atoms with Crippen molar-refractivity contribution in [3.8, 4) is 0 Å². The SMILES string of the molecule is NC(=O)Cc1ccc(S(=O)(=O)Nc2nccs2)cc1. The fraction of sp³-hybridized carbons (Fsp3) is 0.0909. The number of nitrogens with zero attached hydrogens (tertiary/aromatic N) is 1. The summed E-state index contributed by atoms with van der Waals surface area (Å²) < 4.78 is 26.4. The van der Waals surface area contributed by atoms with Gasteiger partial charge in [-0.1, -0.05) is 12.1 Å². The van der Waals surface area contributed by atoms with Gasteiger partial charge in [0, 0.05) is 11.6 Å². The highest BCUT2D eigenvalue weighted by Crippen LogP contribution is 2.18. The summed E-state index contributed by atoms with van der Waals surface area (Å²) in [5, 5.41) is 1.98. The molecule has 0 unspecified atom stereocenters. The van der Waals surface area contributed by atoms with Gasteiger partial charge in [0.15, 0.2) is 5.13 Å². The van der Waals surface area contributed by atoms with Crippen molar-refractivity contribution < 1.29 is 13.2 Å². The Morgan fingerprint density at radius 3 is 2.53 bits per heavy atom. The minimum Gasteiger partial charge on any atom is -0.369 e. The van der Waals surface area contributed by atoms with E-state index in [9.17, 15) is 13.2 Å². The molecule has 0 radical (unpaired) electrons. The van der Waals surface area contributed by atoms with Crippen LogP contribution in [0.3, 0.4) is 0 Å². The number of aromatic nitrogens is 1. The summed E-state index contributed by atoms with van der Waals surface area (Å²) >= 11 is 1.19. The average molecular weight is 297 g/mol. The first-order valence-electron chi connectivity index (χ1n) is 5.27. The second-order valence-corrected chi connectivity index (χ2v) is 6.31. The zero-order chi connectivity index (χ0) is 13.9. The van der Waals surface area contributed by atoms with Crippen LogP contribution in [0.15, 0.2) is 40.7 Å². The van der Waals surface area contributed by atoms with Crippen LogP contribution in [0.5, 0.6) is 0 Å². The van der Waals surface area contributed by atoms with Gasteiger partial charge in [0.1, 0.15) is 0 Å². The Morgan fingerprint density at radius 2 is 2.00 bits per heavy atom. The van der Waals surface area contributed by atoms with Gasteiger partial charge in [0.25, 0.3) is 10.0 Å². The summed E-state index contributed by atoms with van der Waals surface area (Å²) in [6, 6.07) is 5.96.